The monoisotopic (exact) mass is 273 g/mol. The first-order chi connectivity index (χ1) is 9.51. The molecule has 2 N–H and O–H groups in total. The van der Waals surface area contributed by atoms with E-state index < -0.39 is 0 Å². The van der Waals surface area contributed by atoms with E-state index in [2.05, 4.69) is 15.6 Å². The van der Waals surface area contributed by atoms with Crippen LogP contribution in [0.2, 0.25) is 0 Å². The second-order valence-electron chi connectivity index (χ2n) is 4.53. The molecule has 0 aliphatic rings. The lowest BCUT2D eigenvalue weighted by molar-refractivity contribution is 0.102. The Balaban J connectivity index is 2.30. The van der Waals surface area contributed by atoms with Crippen molar-refractivity contribution in [2.75, 3.05) is 17.7 Å². The number of amides is 1. The van der Waals surface area contributed by atoms with Crippen LogP contribution in [0.4, 0.5) is 15.8 Å². The third kappa shape index (κ3) is 2.93. The number of aromatic nitrogens is 1. The van der Waals surface area contributed by atoms with Crippen LogP contribution >= 0.6 is 0 Å². The summed E-state index contributed by atoms with van der Waals surface area (Å²) in [4.78, 5) is 16.4. The largest absolute Gasteiger partial charge is 0.387 e. The first-order valence-electron chi connectivity index (χ1n) is 6.23. The average Bonchev–Trinajstić information content (AvgIpc) is 2.42. The third-order valence-electron chi connectivity index (χ3n) is 3.00. The van der Waals surface area contributed by atoms with Gasteiger partial charge in [0.2, 0.25) is 0 Å². The summed E-state index contributed by atoms with van der Waals surface area (Å²) in [6.07, 6.45) is 1.51. The van der Waals surface area contributed by atoms with Crippen molar-refractivity contribution < 1.29 is 9.18 Å². The number of hydrogen-bond donors (Lipinski definition) is 2. The second-order valence-corrected chi connectivity index (χ2v) is 4.53. The third-order valence-corrected chi connectivity index (χ3v) is 3.00. The summed E-state index contributed by atoms with van der Waals surface area (Å²) in [5.41, 5.74) is 3.17. The van der Waals surface area contributed by atoms with E-state index in [4.69, 9.17) is 0 Å². The van der Waals surface area contributed by atoms with E-state index in [1.807, 2.05) is 6.92 Å². The minimum Gasteiger partial charge on any atom is -0.387 e. The molecule has 0 saturated carbocycles. The van der Waals surface area contributed by atoms with Crippen LogP contribution < -0.4 is 10.6 Å². The number of rotatable bonds is 3. The Bertz CT molecular complexity index is 656. The fourth-order valence-corrected chi connectivity index (χ4v) is 1.87. The van der Waals surface area contributed by atoms with E-state index in [-0.39, 0.29) is 11.7 Å². The van der Waals surface area contributed by atoms with Crippen molar-refractivity contribution in [2.45, 2.75) is 13.8 Å². The summed E-state index contributed by atoms with van der Waals surface area (Å²) in [5.74, 6) is -0.711. The Morgan fingerprint density at radius 2 is 1.95 bits per heavy atom. The number of nitrogens with one attached hydrogen (secondary N) is 2. The highest BCUT2D eigenvalue weighted by Crippen LogP contribution is 2.20. The number of halogens is 1. The number of anilines is 2. The molecule has 1 aromatic carbocycles. The lowest BCUT2D eigenvalue weighted by Gasteiger charge is -2.11. The van der Waals surface area contributed by atoms with Crippen LogP contribution in [0.25, 0.3) is 0 Å². The molecule has 4 nitrogen and oxygen atoms in total. The molecule has 0 fully saturated rings. The van der Waals surface area contributed by atoms with Gasteiger partial charge in [-0.1, -0.05) is 6.07 Å². The van der Waals surface area contributed by atoms with Crippen molar-refractivity contribution >= 4 is 17.3 Å². The zero-order valence-electron chi connectivity index (χ0n) is 11.6. The van der Waals surface area contributed by atoms with Crippen LogP contribution in [0.5, 0.6) is 0 Å². The molecular weight excluding hydrogens is 257 g/mol. The molecule has 0 aliphatic heterocycles. The predicted octanol–water partition coefficient (Wildman–Crippen LogP) is 3.13. The summed E-state index contributed by atoms with van der Waals surface area (Å²) in [6.45, 7) is 3.65. The summed E-state index contributed by atoms with van der Waals surface area (Å²) in [6, 6.07) is 6.07. The van der Waals surface area contributed by atoms with Gasteiger partial charge < -0.3 is 10.6 Å². The summed E-state index contributed by atoms with van der Waals surface area (Å²) in [7, 11) is 1.74. The maximum absolute atomic E-state index is 13.2. The van der Waals surface area contributed by atoms with Crippen molar-refractivity contribution in [3.63, 3.8) is 0 Å². The smallest absolute Gasteiger partial charge is 0.259 e. The zero-order valence-corrected chi connectivity index (χ0v) is 11.6. The topological polar surface area (TPSA) is 54.0 Å². The molecule has 1 amide bonds. The number of pyridine rings is 1. The van der Waals surface area contributed by atoms with E-state index >= 15 is 0 Å². The molecule has 0 unspecified atom stereocenters. The maximum atomic E-state index is 13.2. The molecule has 0 bridgehead atoms. The van der Waals surface area contributed by atoms with Crippen LogP contribution in [-0.2, 0) is 0 Å². The molecule has 2 rings (SSSR count). The highest BCUT2D eigenvalue weighted by molar-refractivity contribution is 6.08. The van der Waals surface area contributed by atoms with E-state index in [0.717, 1.165) is 11.3 Å². The first-order valence-corrected chi connectivity index (χ1v) is 6.23. The minimum absolute atomic E-state index is 0.324. The van der Waals surface area contributed by atoms with Crippen LogP contribution in [0.1, 0.15) is 21.6 Å². The standard InChI is InChI=1S/C15H16FN3O/c1-9-4-5-11(16)7-13(9)19-15(20)12-8-18-10(2)6-14(12)17-3/h4-8H,1-3H3,(H,17,18)(H,19,20). The van der Waals surface area contributed by atoms with Gasteiger partial charge in [-0.3, -0.25) is 9.78 Å². The number of benzene rings is 1. The highest BCUT2D eigenvalue weighted by atomic mass is 19.1. The molecule has 0 spiro atoms. The quantitative estimate of drug-likeness (QED) is 0.903. The molecule has 0 saturated heterocycles. The van der Waals surface area contributed by atoms with Gasteiger partial charge in [0.05, 0.1) is 11.3 Å². The van der Waals surface area contributed by atoms with Crippen molar-refractivity contribution in [1.82, 2.24) is 4.98 Å². The van der Waals surface area contributed by atoms with Gasteiger partial charge in [-0.05, 0) is 37.6 Å². The van der Waals surface area contributed by atoms with Gasteiger partial charge in [0.1, 0.15) is 5.82 Å². The van der Waals surface area contributed by atoms with Gasteiger partial charge in [0.25, 0.3) is 5.91 Å². The van der Waals surface area contributed by atoms with Gasteiger partial charge in [-0.25, -0.2) is 4.39 Å². The van der Waals surface area contributed by atoms with Crippen LogP contribution in [-0.4, -0.2) is 17.9 Å². The molecule has 1 aromatic heterocycles. The maximum Gasteiger partial charge on any atom is 0.259 e. The number of carbonyl (C=O) groups excluding carboxylic acids is 1. The number of nitrogens with zero attached hydrogens (tertiary/aromatic N) is 1. The van der Waals surface area contributed by atoms with Crippen molar-refractivity contribution in [2.24, 2.45) is 0 Å². The Morgan fingerprint density at radius 3 is 2.65 bits per heavy atom. The van der Waals surface area contributed by atoms with Gasteiger partial charge in [0, 0.05) is 24.6 Å². The molecule has 104 valence electrons. The Hall–Kier alpha value is -2.43. The van der Waals surface area contributed by atoms with Gasteiger partial charge in [0.15, 0.2) is 0 Å². The minimum atomic E-state index is -0.387. The van der Waals surface area contributed by atoms with Crippen LogP contribution in [0, 0.1) is 19.7 Å². The normalized spacial score (nSPS) is 10.2. The second kappa shape index (κ2) is 5.69. The lowest BCUT2D eigenvalue weighted by atomic mass is 10.1. The van der Waals surface area contributed by atoms with Crippen LogP contribution in [0.15, 0.2) is 30.5 Å². The molecule has 1 heterocycles. The Labute approximate surface area is 117 Å². The van der Waals surface area contributed by atoms with Crippen molar-refractivity contribution in [3.05, 3.63) is 53.1 Å². The van der Waals surface area contributed by atoms with E-state index in [0.29, 0.717) is 16.9 Å². The molecular formula is C15H16FN3O. The first kappa shape index (κ1) is 14.0. The van der Waals surface area contributed by atoms with E-state index in [1.54, 1.807) is 26.1 Å². The van der Waals surface area contributed by atoms with Crippen molar-refractivity contribution in [1.29, 1.82) is 0 Å². The van der Waals surface area contributed by atoms with Gasteiger partial charge in [-0.15, -0.1) is 0 Å². The molecule has 0 aliphatic carbocycles. The molecule has 0 radical (unpaired) electrons. The number of aryl methyl sites for hydroxylation is 2. The molecule has 5 heteroatoms. The summed E-state index contributed by atoms with van der Waals surface area (Å²) in [5, 5.41) is 5.66. The zero-order chi connectivity index (χ0) is 14.7. The fourth-order valence-electron chi connectivity index (χ4n) is 1.87. The number of hydrogen-bond acceptors (Lipinski definition) is 3. The lowest BCUT2D eigenvalue weighted by Crippen LogP contribution is -2.15. The summed E-state index contributed by atoms with van der Waals surface area (Å²) < 4.78 is 13.2. The predicted molar refractivity (Wildman–Crippen MR) is 77.6 cm³/mol. The fraction of sp³-hybridized carbons (Fsp3) is 0.200. The van der Waals surface area contributed by atoms with Crippen molar-refractivity contribution in [3.8, 4) is 0 Å². The van der Waals surface area contributed by atoms with Gasteiger partial charge >= 0.3 is 0 Å². The average molecular weight is 273 g/mol. The molecule has 20 heavy (non-hydrogen) atoms. The number of carbonyl (C=O) groups is 1. The van der Waals surface area contributed by atoms with E-state index in [9.17, 15) is 9.18 Å². The highest BCUT2D eigenvalue weighted by Gasteiger charge is 2.13. The summed E-state index contributed by atoms with van der Waals surface area (Å²) >= 11 is 0. The van der Waals surface area contributed by atoms with Crippen LogP contribution in [0.3, 0.4) is 0 Å². The Morgan fingerprint density at radius 1 is 1.20 bits per heavy atom. The molecule has 2 aromatic rings. The van der Waals surface area contributed by atoms with Gasteiger partial charge in [-0.2, -0.15) is 0 Å². The Kier molecular flexibility index (Phi) is 3.98. The molecule has 0 atom stereocenters. The van der Waals surface area contributed by atoms with E-state index in [1.165, 1.54) is 18.3 Å². The SMILES string of the molecule is CNc1cc(C)ncc1C(=O)Nc1cc(F)ccc1C.